The summed E-state index contributed by atoms with van der Waals surface area (Å²) < 4.78 is 36.9. The molecule has 2 atom stereocenters. The highest BCUT2D eigenvalue weighted by Gasteiger charge is 2.31. The maximum Gasteiger partial charge on any atom is 0.244 e. The van der Waals surface area contributed by atoms with E-state index in [0.717, 1.165) is 22.5 Å². The summed E-state index contributed by atoms with van der Waals surface area (Å²) in [5, 5.41) is 3.04. The number of anilines is 1. The van der Waals surface area contributed by atoms with Crippen molar-refractivity contribution in [2.45, 2.75) is 39.3 Å². The molecular weight excluding hydrogens is 416 g/mol. The van der Waals surface area contributed by atoms with Crippen LogP contribution in [0, 0.1) is 5.92 Å². The molecule has 0 saturated carbocycles. The Balaban J connectivity index is 2.36. The molecule has 0 fully saturated rings. The lowest BCUT2D eigenvalue weighted by molar-refractivity contribution is -0.122. The van der Waals surface area contributed by atoms with Gasteiger partial charge in [0.15, 0.2) is 11.5 Å². The van der Waals surface area contributed by atoms with Gasteiger partial charge in [-0.25, -0.2) is 8.42 Å². The van der Waals surface area contributed by atoms with E-state index < -0.39 is 16.1 Å². The fourth-order valence-corrected chi connectivity index (χ4v) is 4.66. The van der Waals surface area contributed by atoms with E-state index in [1.54, 1.807) is 25.1 Å². The van der Waals surface area contributed by atoms with E-state index in [9.17, 15) is 13.2 Å². The third kappa shape index (κ3) is 6.37. The lowest BCUT2D eigenvalue weighted by Crippen LogP contribution is -2.48. The summed E-state index contributed by atoms with van der Waals surface area (Å²) in [6, 6.07) is 13.2. The van der Waals surface area contributed by atoms with Crippen LogP contribution in [0.3, 0.4) is 0 Å². The van der Waals surface area contributed by atoms with Gasteiger partial charge >= 0.3 is 0 Å². The van der Waals surface area contributed by atoms with E-state index >= 15 is 0 Å². The lowest BCUT2D eigenvalue weighted by atomic mass is 9.96. The Labute approximate surface area is 185 Å². The SMILES string of the molecule is COc1ccc(N([C@H](C)C(=O)N[C@@H](CC(C)C)c2ccccc2)S(C)(=O)=O)cc1OC. The van der Waals surface area contributed by atoms with Gasteiger partial charge in [-0.05, 0) is 37.0 Å². The molecular formula is C23H32N2O5S. The number of nitrogens with one attached hydrogen (secondary N) is 1. The highest BCUT2D eigenvalue weighted by atomic mass is 32.2. The second-order valence-electron chi connectivity index (χ2n) is 7.88. The third-order valence-electron chi connectivity index (χ3n) is 4.94. The van der Waals surface area contributed by atoms with Crippen molar-refractivity contribution in [1.82, 2.24) is 5.32 Å². The highest BCUT2D eigenvalue weighted by Crippen LogP contribution is 2.33. The zero-order valence-electron chi connectivity index (χ0n) is 19.0. The van der Waals surface area contributed by atoms with E-state index in [2.05, 4.69) is 19.2 Å². The molecule has 31 heavy (non-hydrogen) atoms. The number of carbonyl (C=O) groups is 1. The molecule has 0 aliphatic heterocycles. The van der Waals surface area contributed by atoms with Crippen molar-refractivity contribution in [1.29, 1.82) is 0 Å². The van der Waals surface area contributed by atoms with Gasteiger partial charge in [-0.15, -0.1) is 0 Å². The Morgan fingerprint density at radius 1 is 1.00 bits per heavy atom. The topological polar surface area (TPSA) is 84.9 Å². The van der Waals surface area contributed by atoms with Gasteiger partial charge in [0.25, 0.3) is 0 Å². The highest BCUT2D eigenvalue weighted by molar-refractivity contribution is 7.92. The molecule has 0 radical (unpaired) electrons. The molecule has 0 heterocycles. The van der Waals surface area contributed by atoms with Gasteiger partial charge in [0, 0.05) is 6.07 Å². The van der Waals surface area contributed by atoms with Crippen molar-refractivity contribution in [3.8, 4) is 11.5 Å². The van der Waals surface area contributed by atoms with Crippen molar-refractivity contribution in [3.05, 3.63) is 54.1 Å². The number of carbonyl (C=O) groups excluding carboxylic acids is 1. The number of hydrogen-bond acceptors (Lipinski definition) is 5. The molecule has 1 amide bonds. The van der Waals surface area contributed by atoms with Gasteiger partial charge in [-0.1, -0.05) is 44.2 Å². The van der Waals surface area contributed by atoms with Gasteiger partial charge in [0.1, 0.15) is 6.04 Å². The molecule has 1 N–H and O–H groups in total. The smallest absolute Gasteiger partial charge is 0.244 e. The van der Waals surface area contributed by atoms with Crippen LogP contribution in [0.1, 0.15) is 38.8 Å². The number of nitrogens with zero attached hydrogens (tertiary/aromatic N) is 1. The van der Waals surface area contributed by atoms with Crippen LogP contribution in [0.15, 0.2) is 48.5 Å². The molecule has 170 valence electrons. The predicted molar refractivity (Wildman–Crippen MR) is 123 cm³/mol. The average Bonchev–Trinajstić information content (AvgIpc) is 2.72. The first-order valence-electron chi connectivity index (χ1n) is 10.1. The summed E-state index contributed by atoms with van der Waals surface area (Å²) in [6.45, 7) is 5.74. The number of benzene rings is 2. The first kappa shape index (κ1) is 24.5. The molecule has 0 bridgehead atoms. The van der Waals surface area contributed by atoms with Crippen LogP contribution < -0.4 is 19.1 Å². The zero-order chi connectivity index (χ0) is 23.2. The van der Waals surface area contributed by atoms with Crippen molar-refractivity contribution in [2.24, 2.45) is 5.92 Å². The Hall–Kier alpha value is -2.74. The maximum atomic E-state index is 13.2. The molecule has 2 aromatic rings. The van der Waals surface area contributed by atoms with Crippen LogP contribution in [0.4, 0.5) is 5.69 Å². The van der Waals surface area contributed by atoms with E-state index in [1.165, 1.54) is 14.2 Å². The van der Waals surface area contributed by atoms with Gasteiger partial charge in [-0.2, -0.15) is 0 Å². The van der Waals surface area contributed by atoms with Crippen LogP contribution in [-0.2, 0) is 14.8 Å². The second-order valence-corrected chi connectivity index (χ2v) is 9.73. The van der Waals surface area contributed by atoms with Gasteiger partial charge < -0.3 is 14.8 Å². The maximum absolute atomic E-state index is 13.2. The summed E-state index contributed by atoms with van der Waals surface area (Å²) in [4.78, 5) is 13.2. The quantitative estimate of drug-likeness (QED) is 0.598. The van der Waals surface area contributed by atoms with E-state index in [4.69, 9.17) is 9.47 Å². The van der Waals surface area contributed by atoms with Crippen LogP contribution in [0.25, 0.3) is 0 Å². The molecule has 2 rings (SSSR count). The monoisotopic (exact) mass is 448 g/mol. The molecule has 8 heteroatoms. The summed E-state index contributed by atoms with van der Waals surface area (Å²) in [7, 11) is -0.783. The minimum absolute atomic E-state index is 0.219. The summed E-state index contributed by atoms with van der Waals surface area (Å²) >= 11 is 0. The van der Waals surface area contributed by atoms with Crippen LogP contribution in [0.5, 0.6) is 11.5 Å². The Morgan fingerprint density at radius 3 is 2.13 bits per heavy atom. The first-order valence-corrected chi connectivity index (χ1v) is 12.0. The van der Waals surface area contributed by atoms with Crippen molar-refractivity contribution in [2.75, 3.05) is 24.8 Å². The van der Waals surface area contributed by atoms with Gasteiger partial charge in [0.05, 0.1) is 32.2 Å². The average molecular weight is 449 g/mol. The molecule has 0 aliphatic rings. The molecule has 0 aromatic heterocycles. The Bertz CT molecular complexity index is 977. The third-order valence-corrected chi connectivity index (χ3v) is 6.18. The largest absolute Gasteiger partial charge is 0.493 e. The molecule has 0 aliphatic carbocycles. The minimum Gasteiger partial charge on any atom is -0.493 e. The van der Waals surface area contributed by atoms with E-state index in [-0.39, 0.29) is 11.9 Å². The van der Waals surface area contributed by atoms with Gasteiger partial charge in [0.2, 0.25) is 15.9 Å². The standard InChI is InChI=1S/C23H32N2O5S/c1-16(2)14-20(18-10-8-7-9-11-18)24-23(26)17(3)25(31(6,27)28)19-12-13-21(29-4)22(15-19)30-5/h7-13,15-17,20H,14H2,1-6H3,(H,24,26)/t17-,20+/m1/s1. The lowest BCUT2D eigenvalue weighted by Gasteiger charge is -2.30. The number of hydrogen-bond donors (Lipinski definition) is 1. The van der Waals surface area contributed by atoms with Gasteiger partial charge in [-0.3, -0.25) is 9.10 Å². The fourth-order valence-electron chi connectivity index (χ4n) is 3.50. The zero-order valence-corrected chi connectivity index (χ0v) is 19.8. The van der Waals surface area contributed by atoms with Crippen LogP contribution >= 0.6 is 0 Å². The first-order chi connectivity index (χ1) is 14.6. The molecule has 2 aromatic carbocycles. The number of ether oxygens (including phenoxy) is 2. The van der Waals surface area contributed by atoms with Crippen molar-refractivity contribution >= 4 is 21.6 Å². The fraction of sp³-hybridized carbons (Fsp3) is 0.435. The Morgan fingerprint density at radius 2 is 1.61 bits per heavy atom. The number of amides is 1. The Kier molecular flexibility index (Phi) is 8.33. The molecule has 0 saturated heterocycles. The normalized spacial score (nSPS) is 13.4. The summed E-state index contributed by atoms with van der Waals surface area (Å²) in [5.41, 5.74) is 1.30. The van der Waals surface area contributed by atoms with Crippen molar-refractivity contribution < 1.29 is 22.7 Å². The van der Waals surface area contributed by atoms with E-state index in [0.29, 0.717) is 23.1 Å². The molecule has 7 nitrogen and oxygen atoms in total. The summed E-state index contributed by atoms with van der Waals surface area (Å²) in [6.07, 6.45) is 1.81. The summed E-state index contributed by atoms with van der Waals surface area (Å²) in [5.74, 6) is 0.813. The predicted octanol–water partition coefficient (Wildman–Crippen LogP) is 3.76. The van der Waals surface area contributed by atoms with Crippen molar-refractivity contribution in [3.63, 3.8) is 0 Å². The minimum atomic E-state index is -3.75. The number of methoxy groups -OCH3 is 2. The molecule has 0 spiro atoms. The number of rotatable bonds is 10. The van der Waals surface area contributed by atoms with Crippen LogP contribution in [0.2, 0.25) is 0 Å². The van der Waals surface area contributed by atoms with Crippen LogP contribution in [-0.4, -0.2) is 40.8 Å². The molecule has 0 unspecified atom stereocenters. The number of sulfonamides is 1. The second kappa shape index (κ2) is 10.5. The van der Waals surface area contributed by atoms with E-state index in [1.807, 2.05) is 30.3 Å².